The highest BCUT2D eigenvalue weighted by Gasteiger charge is 2.55. The van der Waals surface area contributed by atoms with Gasteiger partial charge in [-0.15, -0.1) is 5.11 Å². The maximum atomic E-state index is 5.59. The van der Waals surface area contributed by atoms with Crippen molar-refractivity contribution in [2.45, 2.75) is 37.8 Å². The Morgan fingerprint density at radius 2 is 2.33 bits per heavy atom. The summed E-state index contributed by atoms with van der Waals surface area (Å²) in [7, 11) is 0. The van der Waals surface area contributed by atoms with Crippen molar-refractivity contribution in [2.75, 3.05) is 0 Å². The lowest BCUT2D eigenvalue weighted by molar-refractivity contribution is -0.0824. The zero-order chi connectivity index (χ0) is 8.18. The van der Waals surface area contributed by atoms with Gasteiger partial charge in [0, 0.05) is 12.3 Å². The van der Waals surface area contributed by atoms with E-state index in [2.05, 4.69) is 10.2 Å². The summed E-state index contributed by atoms with van der Waals surface area (Å²) in [6.45, 7) is 0. The lowest BCUT2D eigenvalue weighted by Gasteiger charge is -2.28. The number of fused-ring (bicyclic) bond motifs is 3. The van der Waals surface area contributed by atoms with Gasteiger partial charge in [0.2, 0.25) is 6.35 Å². The van der Waals surface area contributed by atoms with Crippen LogP contribution in [0.15, 0.2) is 10.2 Å². The summed E-state index contributed by atoms with van der Waals surface area (Å²) in [4.78, 5) is 0. The molecule has 0 radical (unpaired) electrons. The number of azo groups is 1. The topological polar surface area (TPSA) is 60.0 Å². The van der Waals surface area contributed by atoms with Crippen molar-refractivity contribution in [1.82, 2.24) is 0 Å². The first-order valence-electron chi connectivity index (χ1n) is 4.64. The molecule has 1 heterocycles. The van der Waals surface area contributed by atoms with Crippen LogP contribution in [0.3, 0.4) is 0 Å². The maximum absolute atomic E-state index is 5.59. The van der Waals surface area contributed by atoms with Crippen LogP contribution in [0, 0.1) is 11.8 Å². The maximum Gasteiger partial charge on any atom is 0.223 e. The normalized spacial score (nSPS) is 55.9. The molecule has 0 saturated heterocycles. The zero-order valence-corrected chi connectivity index (χ0v) is 6.94. The van der Waals surface area contributed by atoms with Crippen LogP contribution in [0.25, 0.3) is 0 Å². The van der Waals surface area contributed by atoms with Crippen molar-refractivity contribution >= 4 is 0 Å². The molecule has 2 saturated carbocycles. The van der Waals surface area contributed by atoms with Gasteiger partial charge in [0.15, 0.2) is 5.72 Å². The molecule has 3 aliphatic rings. The van der Waals surface area contributed by atoms with Crippen molar-refractivity contribution < 1.29 is 4.74 Å². The third-order valence-corrected chi connectivity index (χ3v) is 3.43. The molecule has 3 rings (SSSR count). The molecule has 2 aliphatic carbocycles. The van der Waals surface area contributed by atoms with Crippen LogP contribution in [0.2, 0.25) is 0 Å². The van der Waals surface area contributed by atoms with Gasteiger partial charge in [0.05, 0.1) is 0 Å². The molecular formula is C8H13N3O. The Bertz CT molecular complexity index is 242. The Kier molecular flexibility index (Phi) is 1.20. The van der Waals surface area contributed by atoms with Crippen LogP contribution >= 0.6 is 0 Å². The molecule has 0 aromatic heterocycles. The Balaban J connectivity index is 1.89. The molecule has 1 aliphatic heterocycles. The minimum absolute atomic E-state index is 0.289. The Hall–Kier alpha value is -0.480. The zero-order valence-electron chi connectivity index (χ0n) is 6.94. The number of ether oxygens (including phenoxy) is 1. The first-order chi connectivity index (χ1) is 5.78. The minimum Gasteiger partial charge on any atom is -0.312 e. The molecule has 4 unspecified atom stereocenters. The van der Waals surface area contributed by atoms with Crippen molar-refractivity contribution in [3.05, 3.63) is 0 Å². The molecule has 0 amide bonds. The molecule has 2 fully saturated rings. The molecule has 1 spiro atoms. The van der Waals surface area contributed by atoms with Gasteiger partial charge in [-0.1, -0.05) is 0 Å². The van der Waals surface area contributed by atoms with E-state index < -0.39 is 6.35 Å². The molecule has 4 heteroatoms. The van der Waals surface area contributed by atoms with E-state index in [9.17, 15) is 0 Å². The highest BCUT2D eigenvalue weighted by atomic mass is 16.6. The average molecular weight is 167 g/mol. The second-order valence-corrected chi connectivity index (χ2v) is 4.15. The number of hydrogen-bond donors (Lipinski definition) is 1. The quantitative estimate of drug-likeness (QED) is 0.589. The molecule has 4 atom stereocenters. The van der Waals surface area contributed by atoms with Gasteiger partial charge < -0.3 is 4.74 Å². The van der Waals surface area contributed by atoms with Gasteiger partial charge in [0.25, 0.3) is 0 Å². The highest BCUT2D eigenvalue weighted by Crippen LogP contribution is 2.54. The Labute approximate surface area is 71.2 Å². The van der Waals surface area contributed by atoms with Crippen LogP contribution in [0.5, 0.6) is 0 Å². The summed E-state index contributed by atoms with van der Waals surface area (Å²) in [6, 6.07) is 0. The Morgan fingerprint density at radius 3 is 2.83 bits per heavy atom. The lowest BCUT2D eigenvalue weighted by atomic mass is 9.92. The van der Waals surface area contributed by atoms with Crippen molar-refractivity contribution in [1.29, 1.82) is 0 Å². The summed E-state index contributed by atoms with van der Waals surface area (Å²) in [5.74, 6) is 1.42. The smallest absolute Gasteiger partial charge is 0.223 e. The summed E-state index contributed by atoms with van der Waals surface area (Å²) < 4.78 is 5.59. The SMILES string of the molecule is NC1N=NC2(CC3CCC2C3)O1. The third kappa shape index (κ3) is 0.742. The van der Waals surface area contributed by atoms with E-state index in [4.69, 9.17) is 10.5 Å². The fourth-order valence-electron chi connectivity index (χ4n) is 2.93. The number of nitrogens with two attached hydrogens (primary N) is 1. The molecule has 4 nitrogen and oxygen atoms in total. The highest BCUT2D eigenvalue weighted by molar-refractivity contribution is 5.01. The summed E-state index contributed by atoms with van der Waals surface area (Å²) in [6.07, 6.45) is 4.42. The molecule has 2 N–H and O–H groups in total. The second kappa shape index (κ2) is 2.06. The summed E-state index contributed by atoms with van der Waals surface area (Å²) in [5, 5.41) is 8.08. The number of rotatable bonds is 0. The summed E-state index contributed by atoms with van der Waals surface area (Å²) >= 11 is 0. The van der Waals surface area contributed by atoms with E-state index in [1.54, 1.807) is 0 Å². The van der Waals surface area contributed by atoms with E-state index in [1.165, 1.54) is 19.3 Å². The van der Waals surface area contributed by atoms with Crippen LogP contribution in [0.4, 0.5) is 0 Å². The molecule has 0 aromatic carbocycles. The van der Waals surface area contributed by atoms with Crippen LogP contribution < -0.4 is 5.73 Å². The average Bonchev–Trinajstić information content (AvgIpc) is 2.67. The third-order valence-electron chi connectivity index (χ3n) is 3.43. The van der Waals surface area contributed by atoms with Gasteiger partial charge in [-0.25, -0.2) is 0 Å². The van der Waals surface area contributed by atoms with Crippen molar-refractivity contribution in [3.63, 3.8) is 0 Å². The minimum atomic E-state index is -0.496. The fraction of sp³-hybridized carbons (Fsp3) is 1.00. The number of hydrogen-bond acceptors (Lipinski definition) is 4. The van der Waals surface area contributed by atoms with Gasteiger partial charge in [-0.3, -0.25) is 5.73 Å². The second-order valence-electron chi connectivity index (χ2n) is 4.15. The van der Waals surface area contributed by atoms with Gasteiger partial charge in [-0.2, -0.15) is 5.11 Å². The molecular weight excluding hydrogens is 154 g/mol. The first-order valence-corrected chi connectivity index (χ1v) is 4.64. The van der Waals surface area contributed by atoms with Crippen LogP contribution in [0.1, 0.15) is 25.7 Å². The van der Waals surface area contributed by atoms with E-state index in [0.29, 0.717) is 5.92 Å². The van der Waals surface area contributed by atoms with Crippen LogP contribution in [-0.4, -0.2) is 12.1 Å². The van der Waals surface area contributed by atoms with Gasteiger partial charge in [-0.05, 0) is 25.2 Å². The fourth-order valence-corrected chi connectivity index (χ4v) is 2.93. The van der Waals surface area contributed by atoms with E-state index in [1.807, 2.05) is 0 Å². The first kappa shape index (κ1) is 6.97. The molecule has 66 valence electrons. The number of nitrogens with zero attached hydrogens (tertiary/aromatic N) is 2. The van der Waals surface area contributed by atoms with E-state index >= 15 is 0 Å². The Morgan fingerprint density at radius 1 is 1.42 bits per heavy atom. The lowest BCUT2D eigenvalue weighted by Crippen LogP contribution is -2.37. The van der Waals surface area contributed by atoms with E-state index in [-0.39, 0.29) is 5.72 Å². The largest absolute Gasteiger partial charge is 0.312 e. The predicted molar refractivity (Wildman–Crippen MR) is 42.1 cm³/mol. The molecule has 12 heavy (non-hydrogen) atoms. The van der Waals surface area contributed by atoms with Gasteiger partial charge in [0.1, 0.15) is 0 Å². The predicted octanol–water partition coefficient (Wildman–Crippen LogP) is 1.23. The van der Waals surface area contributed by atoms with Crippen LogP contribution in [-0.2, 0) is 4.74 Å². The van der Waals surface area contributed by atoms with Crippen molar-refractivity contribution in [2.24, 2.45) is 27.8 Å². The van der Waals surface area contributed by atoms with E-state index in [0.717, 1.165) is 12.3 Å². The monoisotopic (exact) mass is 167 g/mol. The standard InChI is InChI=1S/C8H13N3O/c9-7-10-11-8(12-7)4-5-1-2-6(8)3-5/h5-7H,1-4,9H2. The molecule has 2 bridgehead atoms. The summed E-state index contributed by atoms with van der Waals surface area (Å²) in [5.41, 5.74) is 5.25. The van der Waals surface area contributed by atoms with Crippen molar-refractivity contribution in [3.8, 4) is 0 Å². The van der Waals surface area contributed by atoms with Gasteiger partial charge >= 0.3 is 0 Å². The molecule has 0 aromatic rings.